The van der Waals surface area contributed by atoms with E-state index in [0.717, 1.165) is 48.8 Å². The highest BCUT2D eigenvalue weighted by atomic mass is 16.1. The monoisotopic (exact) mass is 380 g/mol. The molecule has 0 amide bonds. The molecule has 29 heavy (non-hydrogen) atoms. The minimum atomic E-state index is 0.0613. The number of pyridine rings is 1. The first-order chi connectivity index (χ1) is 14.3. The number of benzene rings is 3. The van der Waals surface area contributed by atoms with E-state index in [4.69, 9.17) is 0 Å². The number of carbonyl (C=O) groups excluding carboxylic acids is 1. The Morgan fingerprint density at radius 3 is 2.72 bits per heavy atom. The van der Waals surface area contributed by atoms with Gasteiger partial charge in [-0.1, -0.05) is 60.7 Å². The molecule has 1 saturated heterocycles. The van der Waals surface area contributed by atoms with Crippen LogP contribution in [0.25, 0.3) is 21.5 Å². The van der Waals surface area contributed by atoms with E-state index in [2.05, 4.69) is 52.3 Å². The number of Topliss-reactive ketones (excluding diaryl/α,β-unsaturated/α-hetero) is 1. The average Bonchev–Trinajstić information content (AvgIpc) is 2.79. The molecule has 5 rings (SSSR count). The van der Waals surface area contributed by atoms with Gasteiger partial charge >= 0.3 is 0 Å². The molecule has 1 aromatic heterocycles. The third-order valence-electron chi connectivity index (χ3n) is 6.10. The number of hydrogen-bond acceptors (Lipinski definition) is 3. The molecule has 1 fully saturated rings. The number of hydrogen-bond donors (Lipinski definition) is 0. The van der Waals surface area contributed by atoms with Crippen LogP contribution in [-0.2, 0) is 6.54 Å². The fourth-order valence-electron chi connectivity index (χ4n) is 4.64. The van der Waals surface area contributed by atoms with Crippen molar-refractivity contribution in [2.24, 2.45) is 5.92 Å². The molecule has 0 saturated carbocycles. The Morgan fingerprint density at radius 1 is 0.931 bits per heavy atom. The highest BCUT2D eigenvalue weighted by Crippen LogP contribution is 2.27. The molecule has 1 atom stereocenters. The first kappa shape index (κ1) is 18.0. The molecule has 1 aliphatic heterocycles. The van der Waals surface area contributed by atoms with E-state index in [1.54, 1.807) is 0 Å². The Kier molecular flexibility index (Phi) is 4.82. The van der Waals surface area contributed by atoms with E-state index in [1.165, 1.54) is 16.3 Å². The summed E-state index contributed by atoms with van der Waals surface area (Å²) in [6, 6.07) is 22.7. The Bertz CT molecular complexity index is 1170. The van der Waals surface area contributed by atoms with Gasteiger partial charge in [0.15, 0.2) is 5.78 Å². The fraction of sp³-hybridized carbons (Fsp3) is 0.231. The van der Waals surface area contributed by atoms with Crippen molar-refractivity contribution in [2.45, 2.75) is 19.4 Å². The minimum absolute atomic E-state index is 0.0613. The molecule has 0 bridgehead atoms. The fourth-order valence-corrected chi connectivity index (χ4v) is 4.64. The summed E-state index contributed by atoms with van der Waals surface area (Å²) in [5.74, 6) is 0.347. The lowest BCUT2D eigenvalue weighted by molar-refractivity contribution is 0.0814. The first-order valence-electron chi connectivity index (χ1n) is 10.4. The average molecular weight is 380 g/mol. The van der Waals surface area contributed by atoms with Crippen LogP contribution in [0.15, 0.2) is 79.1 Å². The molecule has 2 heterocycles. The Morgan fingerprint density at radius 2 is 1.76 bits per heavy atom. The Balaban J connectivity index is 1.38. The van der Waals surface area contributed by atoms with E-state index >= 15 is 0 Å². The van der Waals surface area contributed by atoms with Crippen LogP contribution in [0.1, 0.15) is 28.8 Å². The normalized spacial score (nSPS) is 17.6. The van der Waals surface area contributed by atoms with Crippen LogP contribution in [0.3, 0.4) is 0 Å². The second kappa shape index (κ2) is 7.76. The van der Waals surface area contributed by atoms with Crippen LogP contribution in [0.5, 0.6) is 0 Å². The van der Waals surface area contributed by atoms with E-state index in [1.807, 2.05) is 36.7 Å². The third-order valence-corrected chi connectivity index (χ3v) is 6.10. The van der Waals surface area contributed by atoms with Gasteiger partial charge in [0.1, 0.15) is 0 Å². The standard InChI is InChI=1S/C26H24N2O/c29-26(25-12-4-7-19-6-1-2-11-24(19)25)22-10-5-15-28(18-22)17-21-9-3-8-20-16-27-14-13-23(20)21/h1-4,6-9,11-14,16,22H,5,10,15,17-18H2. The highest BCUT2D eigenvalue weighted by molar-refractivity contribution is 6.09. The maximum atomic E-state index is 13.4. The second-order valence-electron chi connectivity index (χ2n) is 7.98. The molecule has 3 nitrogen and oxygen atoms in total. The van der Waals surface area contributed by atoms with Crippen LogP contribution in [0, 0.1) is 5.92 Å². The van der Waals surface area contributed by atoms with E-state index in [-0.39, 0.29) is 11.7 Å². The SMILES string of the molecule is O=C(c1cccc2ccccc12)C1CCCN(Cc2cccc3cnccc23)C1. The van der Waals surface area contributed by atoms with Gasteiger partial charge in [0.25, 0.3) is 0 Å². The lowest BCUT2D eigenvalue weighted by Crippen LogP contribution is -2.38. The third kappa shape index (κ3) is 3.54. The van der Waals surface area contributed by atoms with Crippen molar-refractivity contribution >= 4 is 27.3 Å². The number of nitrogens with zero attached hydrogens (tertiary/aromatic N) is 2. The van der Waals surface area contributed by atoms with Crippen molar-refractivity contribution < 1.29 is 4.79 Å². The predicted molar refractivity (Wildman–Crippen MR) is 118 cm³/mol. The van der Waals surface area contributed by atoms with Crippen molar-refractivity contribution in [3.63, 3.8) is 0 Å². The lowest BCUT2D eigenvalue weighted by Gasteiger charge is -2.32. The smallest absolute Gasteiger partial charge is 0.167 e. The molecule has 0 aliphatic carbocycles. The van der Waals surface area contributed by atoms with Crippen molar-refractivity contribution in [3.8, 4) is 0 Å². The summed E-state index contributed by atoms with van der Waals surface area (Å²) in [6.45, 7) is 2.74. The number of ketones is 1. The van der Waals surface area contributed by atoms with Crippen LogP contribution in [0.4, 0.5) is 0 Å². The van der Waals surface area contributed by atoms with Crippen LogP contribution >= 0.6 is 0 Å². The molecule has 3 heteroatoms. The molecule has 0 spiro atoms. The van der Waals surface area contributed by atoms with Crippen molar-refractivity contribution in [1.82, 2.24) is 9.88 Å². The summed E-state index contributed by atoms with van der Waals surface area (Å²) in [5.41, 5.74) is 2.18. The quantitative estimate of drug-likeness (QED) is 0.439. The second-order valence-corrected chi connectivity index (χ2v) is 7.98. The summed E-state index contributed by atoms with van der Waals surface area (Å²) < 4.78 is 0. The van der Waals surface area contributed by atoms with Crippen LogP contribution in [-0.4, -0.2) is 28.8 Å². The maximum Gasteiger partial charge on any atom is 0.167 e. The number of piperidine rings is 1. The maximum absolute atomic E-state index is 13.4. The summed E-state index contributed by atoms with van der Waals surface area (Å²) in [4.78, 5) is 20.1. The molecular weight excluding hydrogens is 356 g/mol. The van der Waals surface area contributed by atoms with Crippen molar-refractivity contribution in [3.05, 3.63) is 90.3 Å². The first-order valence-corrected chi connectivity index (χ1v) is 10.4. The van der Waals surface area contributed by atoms with Gasteiger partial charge in [0.05, 0.1) is 0 Å². The topological polar surface area (TPSA) is 33.2 Å². The summed E-state index contributed by atoms with van der Waals surface area (Å²) in [6.07, 6.45) is 5.81. The number of aromatic nitrogens is 1. The predicted octanol–water partition coefficient (Wildman–Crippen LogP) is 5.48. The zero-order chi connectivity index (χ0) is 19.6. The van der Waals surface area contributed by atoms with Crippen LogP contribution < -0.4 is 0 Å². The zero-order valence-electron chi connectivity index (χ0n) is 16.4. The Labute approximate surface area is 171 Å². The van der Waals surface area contributed by atoms with Gasteiger partial charge in [-0.25, -0.2) is 0 Å². The number of fused-ring (bicyclic) bond motifs is 2. The van der Waals surface area contributed by atoms with Crippen LogP contribution in [0.2, 0.25) is 0 Å². The number of carbonyl (C=O) groups is 1. The molecule has 3 aromatic carbocycles. The lowest BCUT2D eigenvalue weighted by atomic mass is 9.87. The molecule has 0 N–H and O–H groups in total. The summed E-state index contributed by atoms with van der Waals surface area (Å²) in [5, 5.41) is 4.63. The molecule has 144 valence electrons. The van der Waals surface area contributed by atoms with Gasteiger partial charge in [-0.05, 0) is 47.2 Å². The van der Waals surface area contributed by atoms with E-state index in [9.17, 15) is 4.79 Å². The van der Waals surface area contributed by atoms with Crippen molar-refractivity contribution in [2.75, 3.05) is 13.1 Å². The van der Waals surface area contributed by atoms with Gasteiger partial charge in [0.2, 0.25) is 0 Å². The van der Waals surface area contributed by atoms with Gasteiger partial charge in [-0.15, -0.1) is 0 Å². The minimum Gasteiger partial charge on any atom is -0.298 e. The number of rotatable bonds is 4. The zero-order valence-corrected chi connectivity index (χ0v) is 16.4. The number of likely N-dealkylation sites (tertiary alicyclic amines) is 1. The Hall–Kier alpha value is -3.04. The van der Waals surface area contributed by atoms with E-state index < -0.39 is 0 Å². The summed E-state index contributed by atoms with van der Waals surface area (Å²) in [7, 11) is 0. The van der Waals surface area contributed by atoms with Gasteiger partial charge in [-0.2, -0.15) is 0 Å². The largest absolute Gasteiger partial charge is 0.298 e. The van der Waals surface area contributed by atoms with Crippen molar-refractivity contribution in [1.29, 1.82) is 0 Å². The molecule has 0 radical (unpaired) electrons. The molecule has 1 unspecified atom stereocenters. The molecule has 1 aliphatic rings. The molecular formula is C26H24N2O. The van der Waals surface area contributed by atoms with Gasteiger partial charge in [-0.3, -0.25) is 14.7 Å². The highest BCUT2D eigenvalue weighted by Gasteiger charge is 2.27. The van der Waals surface area contributed by atoms with Gasteiger partial charge in [0, 0.05) is 42.4 Å². The van der Waals surface area contributed by atoms with Gasteiger partial charge < -0.3 is 0 Å². The molecule has 4 aromatic rings. The summed E-state index contributed by atoms with van der Waals surface area (Å²) >= 11 is 0. The van der Waals surface area contributed by atoms with E-state index in [0.29, 0.717) is 0 Å².